The molecule has 2 aromatic rings. The van der Waals surface area contributed by atoms with Crippen LogP contribution in [0.25, 0.3) is 0 Å². The van der Waals surface area contributed by atoms with Crippen LogP contribution in [0.3, 0.4) is 0 Å². The Balaban J connectivity index is 1.91. The number of ketones is 1. The topological polar surface area (TPSA) is 72.2 Å². The maximum absolute atomic E-state index is 12.2. The van der Waals surface area contributed by atoms with Gasteiger partial charge >= 0.3 is 0 Å². The van der Waals surface area contributed by atoms with Crippen LogP contribution in [0.1, 0.15) is 41.2 Å². The number of Topliss-reactive ketones (excluding diaryl/α,β-unsaturated/α-hetero) is 1. The van der Waals surface area contributed by atoms with E-state index in [1.807, 2.05) is 20.8 Å². The van der Waals surface area contributed by atoms with Gasteiger partial charge in [0, 0.05) is 22.6 Å². The molecule has 1 heterocycles. The van der Waals surface area contributed by atoms with Crippen molar-refractivity contribution in [2.24, 2.45) is 0 Å². The molecular formula is C17H20N2O3S. The third kappa shape index (κ3) is 4.45. The molecule has 2 rings (SSSR count). The van der Waals surface area contributed by atoms with E-state index in [4.69, 9.17) is 4.52 Å². The number of thioether (sulfide) groups is 1. The molecule has 5 nitrogen and oxygen atoms in total. The number of carbonyl (C=O) groups is 2. The van der Waals surface area contributed by atoms with Gasteiger partial charge in [-0.25, -0.2) is 0 Å². The Morgan fingerprint density at radius 3 is 2.43 bits per heavy atom. The maximum atomic E-state index is 12.2. The third-order valence-electron chi connectivity index (χ3n) is 3.59. The van der Waals surface area contributed by atoms with E-state index in [2.05, 4.69) is 10.5 Å². The second kappa shape index (κ2) is 7.46. The highest BCUT2D eigenvalue weighted by Crippen LogP contribution is 2.23. The first-order chi connectivity index (χ1) is 10.9. The Bertz CT molecular complexity index is 688. The summed E-state index contributed by atoms with van der Waals surface area (Å²) < 4.78 is 5.12. The molecule has 1 aromatic carbocycles. The first-order valence-electron chi connectivity index (χ1n) is 7.33. The van der Waals surface area contributed by atoms with Crippen LogP contribution in [0.4, 0.5) is 5.69 Å². The van der Waals surface area contributed by atoms with Crippen molar-refractivity contribution in [3.8, 4) is 0 Å². The van der Waals surface area contributed by atoms with Gasteiger partial charge in [-0.05, 0) is 52.0 Å². The normalized spacial score (nSPS) is 12.0. The maximum Gasteiger partial charge on any atom is 0.237 e. The number of carbonyl (C=O) groups excluding carboxylic acids is 2. The lowest BCUT2D eigenvalue weighted by Gasteiger charge is -2.12. The molecule has 122 valence electrons. The highest BCUT2D eigenvalue weighted by molar-refractivity contribution is 7.99. The summed E-state index contributed by atoms with van der Waals surface area (Å²) in [5, 5.41) is 6.56. The van der Waals surface area contributed by atoms with Crippen molar-refractivity contribution in [3.63, 3.8) is 0 Å². The van der Waals surface area contributed by atoms with Crippen LogP contribution in [0.5, 0.6) is 0 Å². The fourth-order valence-electron chi connectivity index (χ4n) is 2.02. The van der Waals surface area contributed by atoms with Gasteiger partial charge in [-0.1, -0.05) is 5.16 Å². The van der Waals surface area contributed by atoms with Crippen molar-refractivity contribution in [1.29, 1.82) is 0 Å². The molecule has 0 aliphatic heterocycles. The number of rotatable bonds is 6. The molecule has 23 heavy (non-hydrogen) atoms. The van der Waals surface area contributed by atoms with E-state index >= 15 is 0 Å². The van der Waals surface area contributed by atoms with Crippen molar-refractivity contribution < 1.29 is 14.1 Å². The van der Waals surface area contributed by atoms with Gasteiger partial charge in [-0.2, -0.15) is 0 Å². The number of aromatic nitrogens is 1. The van der Waals surface area contributed by atoms with Gasteiger partial charge in [0.1, 0.15) is 5.76 Å². The van der Waals surface area contributed by atoms with Gasteiger partial charge < -0.3 is 9.84 Å². The van der Waals surface area contributed by atoms with Gasteiger partial charge in [0.05, 0.1) is 10.9 Å². The summed E-state index contributed by atoms with van der Waals surface area (Å²) in [6.07, 6.45) is 0. The minimum atomic E-state index is -0.212. The molecule has 0 saturated carbocycles. The molecule has 0 aliphatic rings. The number of hydrogen-bond acceptors (Lipinski definition) is 5. The average Bonchev–Trinajstić information content (AvgIpc) is 2.84. The number of benzene rings is 1. The fourth-order valence-corrected chi connectivity index (χ4v) is 3.06. The SMILES string of the molecule is CC(=O)c1ccc(NC(=O)C(C)SCc2c(C)noc2C)cc1. The van der Waals surface area contributed by atoms with E-state index < -0.39 is 0 Å². The van der Waals surface area contributed by atoms with Crippen LogP contribution in [0.15, 0.2) is 28.8 Å². The Morgan fingerprint density at radius 1 is 1.26 bits per heavy atom. The largest absolute Gasteiger partial charge is 0.361 e. The van der Waals surface area contributed by atoms with E-state index in [1.165, 1.54) is 18.7 Å². The number of nitrogens with one attached hydrogen (secondary N) is 1. The molecule has 1 aromatic heterocycles. The number of amides is 1. The predicted octanol–water partition coefficient (Wildman–Crippen LogP) is 3.75. The minimum Gasteiger partial charge on any atom is -0.361 e. The van der Waals surface area contributed by atoms with E-state index in [9.17, 15) is 9.59 Å². The number of anilines is 1. The Kier molecular flexibility index (Phi) is 5.60. The lowest BCUT2D eigenvalue weighted by molar-refractivity contribution is -0.115. The van der Waals surface area contributed by atoms with E-state index in [1.54, 1.807) is 24.3 Å². The lowest BCUT2D eigenvalue weighted by Crippen LogP contribution is -2.22. The molecule has 1 atom stereocenters. The van der Waals surface area contributed by atoms with Crippen molar-refractivity contribution in [2.45, 2.75) is 38.7 Å². The van der Waals surface area contributed by atoms with Crippen molar-refractivity contribution in [2.75, 3.05) is 5.32 Å². The number of aryl methyl sites for hydroxylation is 2. The molecule has 1 N–H and O–H groups in total. The van der Waals surface area contributed by atoms with Crippen molar-refractivity contribution in [3.05, 3.63) is 46.8 Å². The number of nitrogens with zero attached hydrogens (tertiary/aromatic N) is 1. The molecular weight excluding hydrogens is 312 g/mol. The lowest BCUT2D eigenvalue weighted by atomic mass is 10.1. The van der Waals surface area contributed by atoms with Gasteiger partial charge in [-0.3, -0.25) is 9.59 Å². The average molecular weight is 332 g/mol. The molecule has 0 saturated heterocycles. The molecule has 0 bridgehead atoms. The second-order valence-electron chi connectivity index (χ2n) is 5.38. The quantitative estimate of drug-likeness (QED) is 0.816. The first kappa shape index (κ1) is 17.3. The molecule has 6 heteroatoms. The van der Waals surface area contributed by atoms with Crippen LogP contribution >= 0.6 is 11.8 Å². The Labute approximate surface area is 139 Å². The smallest absolute Gasteiger partial charge is 0.237 e. The highest BCUT2D eigenvalue weighted by Gasteiger charge is 2.16. The van der Waals surface area contributed by atoms with Crippen LogP contribution in [0, 0.1) is 13.8 Å². The zero-order valence-corrected chi connectivity index (χ0v) is 14.5. The Hall–Kier alpha value is -2.08. The summed E-state index contributed by atoms with van der Waals surface area (Å²) in [4.78, 5) is 23.5. The van der Waals surface area contributed by atoms with Crippen LogP contribution in [0.2, 0.25) is 0 Å². The van der Waals surface area contributed by atoms with Crippen LogP contribution < -0.4 is 5.32 Å². The fraction of sp³-hybridized carbons (Fsp3) is 0.353. The molecule has 0 aliphatic carbocycles. The van der Waals surface area contributed by atoms with Gasteiger partial charge in [0.15, 0.2) is 5.78 Å². The zero-order chi connectivity index (χ0) is 17.0. The molecule has 1 unspecified atom stereocenters. The van der Waals surface area contributed by atoms with E-state index in [-0.39, 0.29) is 16.9 Å². The number of hydrogen-bond donors (Lipinski definition) is 1. The Morgan fingerprint density at radius 2 is 1.91 bits per heavy atom. The van der Waals surface area contributed by atoms with Crippen molar-refractivity contribution >= 4 is 29.1 Å². The summed E-state index contributed by atoms with van der Waals surface area (Å²) in [5.74, 6) is 1.41. The minimum absolute atomic E-state index is 0.00580. The van der Waals surface area contributed by atoms with E-state index in [0.717, 1.165) is 17.0 Å². The first-order valence-corrected chi connectivity index (χ1v) is 8.38. The van der Waals surface area contributed by atoms with Gasteiger partial charge in [0.2, 0.25) is 5.91 Å². The standard InChI is InChI=1S/C17H20N2O3S/c1-10-16(12(3)22-19-10)9-23-13(4)17(21)18-15-7-5-14(6-8-15)11(2)20/h5-8,13H,9H2,1-4H3,(H,18,21). The third-order valence-corrected chi connectivity index (χ3v) is 4.76. The molecule has 0 radical (unpaired) electrons. The molecule has 1 amide bonds. The summed E-state index contributed by atoms with van der Waals surface area (Å²) >= 11 is 1.53. The summed E-state index contributed by atoms with van der Waals surface area (Å²) in [6, 6.07) is 6.89. The van der Waals surface area contributed by atoms with Gasteiger partial charge in [-0.15, -0.1) is 11.8 Å². The monoisotopic (exact) mass is 332 g/mol. The van der Waals surface area contributed by atoms with Crippen LogP contribution in [-0.4, -0.2) is 22.1 Å². The predicted molar refractivity (Wildman–Crippen MR) is 91.8 cm³/mol. The summed E-state index contributed by atoms with van der Waals surface area (Å²) in [6.45, 7) is 7.15. The molecule has 0 fully saturated rings. The van der Waals surface area contributed by atoms with Crippen LogP contribution in [-0.2, 0) is 10.5 Å². The molecule has 0 spiro atoms. The summed E-state index contributed by atoms with van der Waals surface area (Å²) in [7, 11) is 0. The zero-order valence-electron chi connectivity index (χ0n) is 13.7. The summed E-state index contributed by atoms with van der Waals surface area (Å²) in [5.41, 5.74) is 3.22. The highest BCUT2D eigenvalue weighted by atomic mass is 32.2. The van der Waals surface area contributed by atoms with E-state index in [0.29, 0.717) is 17.0 Å². The van der Waals surface area contributed by atoms with Crippen molar-refractivity contribution in [1.82, 2.24) is 5.16 Å². The van der Waals surface area contributed by atoms with Gasteiger partial charge in [0.25, 0.3) is 0 Å². The second-order valence-corrected chi connectivity index (χ2v) is 6.71.